The van der Waals surface area contributed by atoms with Gasteiger partial charge in [-0.05, 0) is 23.1 Å². The zero-order valence-corrected chi connectivity index (χ0v) is 11.4. The highest BCUT2D eigenvalue weighted by Gasteiger charge is 2.31. The molecule has 0 amide bonds. The van der Waals surface area contributed by atoms with Crippen LogP contribution in [0.1, 0.15) is 26.3 Å². The lowest BCUT2D eigenvalue weighted by molar-refractivity contribution is -0.146. The van der Waals surface area contributed by atoms with Gasteiger partial charge >= 0.3 is 5.97 Å². The molecule has 18 heavy (non-hydrogen) atoms. The Hall–Kier alpha value is -1.55. The van der Waals surface area contributed by atoms with Gasteiger partial charge in [0.1, 0.15) is 11.8 Å². The molecule has 0 unspecified atom stereocenters. The number of esters is 1. The normalized spacial score (nSPS) is 13.1. The second kappa shape index (κ2) is 5.87. The summed E-state index contributed by atoms with van der Waals surface area (Å²) >= 11 is 0. The molecule has 1 aromatic carbocycles. The Morgan fingerprint density at radius 3 is 2.61 bits per heavy atom. The summed E-state index contributed by atoms with van der Waals surface area (Å²) in [6.07, 6.45) is 0. The lowest BCUT2D eigenvalue weighted by Crippen LogP contribution is -2.46. The van der Waals surface area contributed by atoms with Crippen molar-refractivity contribution in [2.24, 2.45) is 5.41 Å². The average Bonchev–Trinajstić information content (AvgIpc) is 2.27. The van der Waals surface area contributed by atoms with Gasteiger partial charge in [0.05, 0.1) is 7.11 Å². The standard InChI is InChI=1S/C14H21NO3/c1-14(2,3)12(13(17)18-4)15-9-10-6-5-7-11(16)8-10/h5-8,12,15-16H,9H2,1-4H3/t12-/m1/s1. The van der Waals surface area contributed by atoms with E-state index in [1.54, 1.807) is 18.2 Å². The van der Waals surface area contributed by atoms with Crippen LogP contribution in [0, 0.1) is 5.41 Å². The van der Waals surface area contributed by atoms with Gasteiger partial charge in [-0.25, -0.2) is 0 Å². The van der Waals surface area contributed by atoms with Crippen LogP contribution < -0.4 is 5.32 Å². The van der Waals surface area contributed by atoms with Gasteiger partial charge in [0.25, 0.3) is 0 Å². The van der Waals surface area contributed by atoms with Gasteiger partial charge < -0.3 is 9.84 Å². The van der Waals surface area contributed by atoms with Crippen LogP contribution in [-0.2, 0) is 16.1 Å². The molecule has 1 rings (SSSR count). The molecule has 0 radical (unpaired) electrons. The Labute approximate surface area is 108 Å². The molecule has 0 spiro atoms. The van der Waals surface area contributed by atoms with E-state index in [-0.39, 0.29) is 23.2 Å². The van der Waals surface area contributed by atoms with Crippen LogP contribution in [0.4, 0.5) is 0 Å². The molecule has 0 aromatic heterocycles. The lowest BCUT2D eigenvalue weighted by atomic mass is 9.86. The maximum absolute atomic E-state index is 11.7. The molecule has 1 atom stereocenters. The minimum absolute atomic E-state index is 0.222. The average molecular weight is 251 g/mol. The maximum atomic E-state index is 11.7. The third kappa shape index (κ3) is 4.04. The van der Waals surface area contributed by atoms with E-state index in [1.807, 2.05) is 26.8 Å². The van der Waals surface area contributed by atoms with Gasteiger partial charge in [-0.1, -0.05) is 32.9 Å². The molecule has 4 heteroatoms. The second-order valence-electron chi connectivity index (χ2n) is 5.37. The summed E-state index contributed by atoms with van der Waals surface area (Å²) in [4.78, 5) is 11.7. The smallest absolute Gasteiger partial charge is 0.323 e. The van der Waals surface area contributed by atoms with E-state index >= 15 is 0 Å². The van der Waals surface area contributed by atoms with E-state index in [1.165, 1.54) is 7.11 Å². The van der Waals surface area contributed by atoms with Crippen LogP contribution in [-0.4, -0.2) is 24.2 Å². The lowest BCUT2D eigenvalue weighted by Gasteiger charge is -2.29. The molecule has 0 aliphatic heterocycles. The summed E-state index contributed by atoms with van der Waals surface area (Å²) < 4.78 is 4.80. The molecule has 0 bridgehead atoms. The molecule has 2 N–H and O–H groups in total. The summed E-state index contributed by atoms with van der Waals surface area (Å²) in [6, 6.07) is 6.57. The Bertz CT molecular complexity index is 410. The molecular weight excluding hydrogens is 230 g/mol. The van der Waals surface area contributed by atoms with Crippen molar-refractivity contribution in [3.05, 3.63) is 29.8 Å². The number of aromatic hydroxyl groups is 1. The zero-order chi connectivity index (χ0) is 13.8. The van der Waals surface area contributed by atoms with E-state index in [0.717, 1.165) is 5.56 Å². The number of phenols is 1. The predicted octanol–water partition coefficient (Wildman–Crippen LogP) is 2.07. The first-order valence-corrected chi connectivity index (χ1v) is 5.93. The molecule has 100 valence electrons. The fourth-order valence-electron chi connectivity index (χ4n) is 1.75. The van der Waals surface area contributed by atoms with Crippen molar-refractivity contribution < 1.29 is 14.6 Å². The minimum Gasteiger partial charge on any atom is -0.508 e. The minimum atomic E-state index is -0.384. The number of nitrogens with one attached hydrogen (secondary N) is 1. The van der Waals surface area contributed by atoms with Gasteiger partial charge in [0.15, 0.2) is 0 Å². The number of carbonyl (C=O) groups excluding carboxylic acids is 1. The van der Waals surface area contributed by atoms with E-state index < -0.39 is 0 Å². The van der Waals surface area contributed by atoms with Gasteiger partial charge in [-0.15, -0.1) is 0 Å². The Morgan fingerprint density at radius 2 is 2.11 bits per heavy atom. The second-order valence-corrected chi connectivity index (χ2v) is 5.37. The topological polar surface area (TPSA) is 58.6 Å². The summed E-state index contributed by atoms with van der Waals surface area (Å²) in [7, 11) is 1.39. The molecule has 0 heterocycles. The van der Waals surface area contributed by atoms with Gasteiger partial charge in [-0.3, -0.25) is 10.1 Å². The quantitative estimate of drug-likeness (QED) is 0.804. The molecule has 0 aliphatic rings. The van der Waals surface area contributed by atoms with Crippen molar-refractivity contribution in [1.29, 1.82) is 0 Å². The highest BCUT2D eigenvalue weighted by atomic mass is 16.5. The van der Waals surface area contributed by atoms with Crippen molar-refractivity contribution >= 4 is 5.97 Å². The third-order valence-electron chi connectivity index (χ3n) is 2.72. The molecule has 0 saturated carbocycles. The molecule has 0 saturated heterocycles. The maximum Gasteiger partial charge on any atom is 0.323 e. The first kappa shape index (κ1) is 14.5. The number of hydrogen-bond donors (Lipinski definition) is 2. The number of rotatable bonds is 4. The summed E-state index contributed by atoms with van der Waals surface area (Å²) in [5.41, 5.74) is 0.692. The number of benzene rings is 1. The first-order chi connectivity index (χ1) is 8.34. The van der Waals surface area contributed by atoms with Crippen LogP contribution >= 0.6 is 0 Å². The molecular formula is C14H21NO3. The number of phenolic OH excluding ortho intramolecular Hbond substituents is 1. The number of methoxy groups -OCH3 is 1. The first-order valence-electron chi connectivity index (χ1n) is 5.93. The van der Waals surface area contributed by atoms with Crippen LogP contribution in [0.3, 0.4) is 0 Å². The third-order valence-corrected chi connectivity index (χ3v) is 2.72. The van der Waals surface area contributed by atoms with Crippen molar-refractivity contribution in [2.45, 2.75) is 33.4 Å². The van der Waals surface area contributed by atoms with Crippen LogP contribution in [0.2, 0.25) is 0 Å². The van der Waals surface area contributed by atoms with Gasteiger partial charge in [0.2, 0.25) is 0 Å². The van der Waals surface area contributed by atoms with Gasteiger partial charge in [0, 0.05) is 6.54 Å². The van der Waals surface area contributed by atoms with E-state index in [4.69, 9.17) is 4.74 Å². The van der Waals surface area contributed by atoms with Crippen LogP contribution in [0.5, 0.6) is 5.75 Å². The Morgan fingerprint density at radius 1 is 1.44 bits per heavy atom. The molecule has 0 fully saturated rings. The van der Waals surface area contributed by atoms with Crippen molar-refractivity contribution in [3.63, 3.8) is 0 Å². The molecule has 4 nitrogen and oxygen atoms in total. The largest absolute Gasteiger partial charge is 0.508 e. The summed E-state index contributed by atoms with van der Waals surface area (Å²) in [6.45, 7) is 6.43. The fourth-order valence-corrected chi connectivity index (χ4v) is 1.75. The van der Waals surface area contributed by atoms with Gasteiger partial charge in [-0.2, -0.15) is 0 Å². The highest BCUT2D eigenvalue weighted by Crippen LogP contribution is 2.21. The van der Waals surface area contributed by atoms with Crippen LogP contribution in [0.15, 0.2) is 24.3 Å². The zero-order valence-electron chi connectivity index (χ0n) is 11.4. The highest BCUT2D eigenvalue weighted by molar-refractivity contribution is 5.76. The number of carbonyl (C=O) groups is 1. The Balaban J connectivity index is 2.71. The number of hydrogen-bond acceptors (Lipinski definition) is 4. The van der Waals surface area contributed by atoms with Crippen molar-refractivity contribution in [1.82, 2.24) is 5.32 Å². The molecule has 1 aromatic rings. The monoisotopic (exact) mass is 251 g/mol. The predicted molar refractivity (Wildman–Crippen MR) is 70.2 cm³/mol. The Kier molecular flexibility index (Phi) is 4.73. The van der Waals surface area contributed by atoms with Crippen molar-refractivity contribution in [2.75, 3.05) is 7.11 Å². The van der Waals surface area contributed by atoms with E-state index in [9.17, 15) is 9.90 Å². The van der Waals surface area contributed by atoms with E-state index in [2.05, 4.69) is 5.32 Å². The fraction of sp³-hybridized carbons (Fsp3) is 0.500. The SMILES string of the molecule is COC(=O)[C@@H](NCc1cccc(O)c1)C(C)(C)C. The number of ether oxygens (including phenoxy) is 1. The summed E-state index contributed by atoms with van der Waals surface area (Å²) in [5.74, 6) is -0.0534. The van der Waals surface area contributed by atoms with Crippen LogP contribution in [0.25, 0.3) is 0 Å². The summed E-state index contributed by atoms with van der Waals surface area (Å²) in [5, 5.41) is 12.5. The molecule has 0 aliphatic carbocycles. The van der Waals surface area contributed by atoms with Crippen molar-refractivity contribution in [3.8, 4) is 5.75 Å². The van der Waals surface area contributed by atoms with E-state index in [0.29, 0.717) is 6.54 Å².